The second-order valence-corrected chi connectivity index (χ2v) is 5.44. The molecule has 1 aromatic heterocycles. The van der Waals surface area contributed by atoms with Crippen molar-refractivity contribution < 1.29 is 9.15 Å². The van der Waals surface area contributed by atoms with Crippen LogP contribution in [0, 0.1) is 0 Å². The predicted molar refractivity (Wildman–Crippen MR) is 81.5 cm³/mol. The first-order valence-corrected chi connectivity index (χ1v) is 7.27. The average molecular weight is 287 g/mol. The SMILES string of the molecule is COc1ccccc1CN(C)c1nc(CNC2CC2)co1. The first-order chi connectivity index (χ1) is 10.3. The van der Waals surface area contributed by atoms with E-state index in [1.807, 2.05) is 36.2 Å². The number of nitrogens with one attached hydrogen (secondary N) is 1. The molecule has 1 fully saturated rings. The zero-order chi connectivity index (χ0) is 14.7. The van der Waals surface area contributed by atoms with Crippen LogP contribution in [0.5, 0.6) is 5.75 Å². The molecule has 0 atom stereocenters. The number of hydrogen-bond acceptors (Lipinski definition) is 5. The lowest BCUT2D eigenvalue weighted by molar-refractivity contribution is 0.409. The van der Waals surface area contributed by atoms with E-state index < -0.39 is 0 Å². The minimum absolute atomic E-state index is 0.633. The van der Waals surface area contributed by atoms with E-state index in [1.54, 1.807) is 13.4 Å². The van der Waals surface area contributed by atoms with E-state index in [0.717, 1.165) is 23.6 Å². The number of rotatable bonds is 7. The van der Waals surface area contributed by atoms with Crippen molar-refractivity contribution in [1.29, 1.82) is 0 Å². The van der Waals surface area contributed by atoms with Crippen molar-refractivity contribution >= 4 is 6.01 Å². The monoisotopic (exact) mass is 287 g/mol. The lowest BCUT2D eigenvalue weighted by Gasteiger charge is -2.16. The molecule has 1 aromatic carbocycles. The van der Waals surface area contributed by atoms with Crippen molar-refractivity contribution in [2.24, 2.45) is 0 Å². The Hall–Kier alpha value is -2.01. The third-order valence-electron chi connectivity index (χ3n) is 3.62. The summed E-state index contributed by atoms with van der Waals surface area (Å²) in [5, 5.41) is 3.43. The summed E-state index contributed by atoms with van der Waals surface area (Å²) in [5.74, 6) is 0.881. The summed E-state index contributed by atoms with van der Waals surface area (Å²) < 4.78 is 10.9. The van der Waals surface area contributed by atoms with Crippen LogP contribution in [0.25, 0.3) is 0 Å². The maximum atomic E-state index is 5.56. The van der Waals surface area contributed by atoms with Crippen molar-refractivity contribution in [2.45, 2.75) is 32.0 Å². The maximum absolute atomic E-state index is 5.56. The summed E-state index contributed by atoms with van der Waals surface area (Å²) in [6.45, 7) is 1.47. The van der Waals surface area contributed by atoms with Crippen LogP contribution in [0.4, 0.5) is 6.01 Å². The van der Waals surface area contributed by atoms with Crippen molar-refractivity contribution in [3.63, 3.8) is 0 Å². The van der Waals surface area contributed by atoms with Gasteiger partial charge in [-0.15, -0.1) is 0 Å². The van der Waals surface area contributed by atoms with E-state index in [-0.39, 0.29) is 0 Å². The maximum Gasteiger partial charge on any atom is 0.297 e. The molecule has 3 rings (SSSR count). The smallest absolute Gasteiger partial charge is 0.297 e. The fourth-order valence-electron chi connectivity index (χ4n) is 2.25. The minimum atomic E-state index is 0.633. The molecule has 0 radical (unpaired) electrons. The molecule has 0 amide bonds. The highest BCUT2D eigenvalue weighted by Gasteiger charge is 2.21. The summed E-state index contributed by atoms with van der Waals surface area (Å²) in [7, 11) is 3.65. The third kappa shape index (κ3) is 3.55. The van der Waals surface area contributed by atoms with Crippen molar-refractivity contribution in [3.8, 4) is 5.75 Å². The third-order valence-corrected chi connectivity index (χ3v) is 3.62. The number of oxazole rings is 1. The Kier molecular flexibility index (Phi) is 4.10. The molecule has 0 saturated heterocycles. The Morgan fingerprint density at radius 2 is 2.19 bits per heavy atom. The van der Waals surface area contributed by atoms with Crippen LogP contribution in [-0.4, -0.2) is 25.2 Å². The fraction of sp³-hybridized carbons (Fsp3) is 0.438. The molecule has 0 bridgehead atoms. The van der Waals surface area contributed by atoms with Gasteiger partial charge in [-0.05, 0) is 18.9 Å². The minimum Gasteiger partial charge on any atom is -0.496 e. The van der Waals surface area contributed by atoms with E-state index in [0.29, 0.717) is 18.6 Å². The van der Waals surface area contributed by atoms with E-state index >= 15 is 0 Å². The van der Waals surface area contributed by atoms with Crippen molar-refractivity contribution in [1.82, 2.24) is 10.3 Å². The lowest BCUT2D eigenvalue weighted by Crippen LogP contribution is -2.18. The van der Waals surface area contributed by atoms with Gasteiger partial charge in [0.1, 0.15) is 12.0 Å². The predicted octanol–water partition coefficient (Wildman–Crippen LogP) is 2.57. The molecule has 1 heterocycles. The zero-order valence-electron chi connectivity index (χ0n) is 12.5. The Morgan fingerprint density at radius 1 is 1.38 bits per heavy atom. The van der Waals surface area contributed by atoms with Crippen LogP contribution in [0.15, 0.2) is 34.9 Å². The van der Waals surface area contributed by atoms with E-state index in [1.165, 1.54) is 12.8 Å². The van der Waals surface area contributed by atoms with Gasteiger partial charge in [-0.1, -0.05) is 18.2 Å². The molecule has 21 heavy (non-hydrogen) atoms. The summed E-state index contributed by atoms with van der Waals surface area (Å²) in [6.07, 6.45) is 4.28. The molecule has 1 aliphatic carbocycles. The molecule has 5 heteroatoms. The van der Waals surface area contributed by atoms with Gasteiger partial charge in [0, 0.05) is 25.2 Å². The first-order valence-electron chi connectivity index (χ1n) is 7.27. The van der Waals surface area contributed by atoms with Gasteiger partial charge in [0.25, 0.3) is 6.01 Å². The molecular weight excluding hydrogens is 266 g/mol. The number of nitrogens with zero attached hydrogens (tertiary/aromatic N) is 2. The number of hydrogen-bond donors (Lipinski definition) is 1. The summed E-state index contributed by atoms with van der Waals surface area (Å²) in [5.41, 5.74) is 2.06. The lowest BCUT2D eigenvalue weighted by atomic mass is 10.2. The van der Waals surface area contributed by atoms with Gasteiger partial charge >= 0.3 is 0 Å². The highest BCUT2D eigenvalue weighted by Crippen LogP contribution is 2.22. The van der Waals surface area contributed by atoms with E-state index in [9.17, 15) is 0 Å². The summed E-state index contributed by atoms with van der Waals surface area (Å²) in [4.78, 5) is 6.50. The highest BCUT2D eigenvalue weighted by atomic mass is 16.5. The number of ether oxygens (including phenoxy) is 1. The molecule has 0 spiro atoms. The molecule has 1 saturated carbocycles. The largest absolute Gasteiger partial charge is 0.496 e. The van der Waals surface area contributed by atoms with Crippen LogP contribution < -0.4 is 15.0 Å². The zero-order valence-corrected chi connectivity index (χ0v) is 12.5. The fourth-order valence-corrected chi connectivity index (χ4v) is 2.25. The Bertz CT molecular complexity index is 593. The van der Waals surface area contributed by atoms with Crippen molar-refractivity contribution in [3.05, 3.63) is 41.8 Å². The number of methoxy groups -OCH3 is 1. The Labute approximate surface area is 124 Å². The number of para-hydroxylation sites is 1. The standard InChI is InChI=1S/C16H21N3O2/c1-19(10-12-5-3-4-6-15(12)20-2)16-18-14(11-21-16)9-17-13-7-8-13/h3-6,11,13,17H,7-10H2,1-2H3. The molecular formula is C16H21N3O2. The molecule has 1 aliphatic rings. The Balaban J connectivity index is 1.62. The van der Waals surface area contributed by atoms with E-state index in [4.69, 9.17) is 9.15 Å². The second kappa shape index (κ2) is 6.18. The van der Waals surface area contributed by atoms with Gasteiger partial charge in [0.2, 0.25) is 0 Å². The van der Waals surface area contributed by atoms with Gasteiger partial charge in [-0.25, -0.2) is 0 Å². The van der Waals surface area contributed by atoms with Gasteiger partial charge in [0.15, 0.2) is 0 Å². The molecule has 2 aromatic rings. The number of anilines is 1. The van der Waals surface area contributed by atoms with Gasteiger partial charge < -0.3 is 19.4 Å². The van der Waals surface area contributed by atoms with Gasteiger partial charge in [-0.2, -0.15) is 4.98 Å². The topological polar surface area (TPSA) is 50.5 Å². The molecule has 5 nitrogen and oxygen atoms in total. The summed E-state index contributed by atoms with van der Waals surface area (Å²) in [6, 6.07) is 9.30. The molecule has 112 valence electrons. The highest BCUT2D eigenvalue weighted by molar-refractivity contribution is 5.37. The van der Waals surface area contributed by atoms with Crippen LogP contribution in [0.3, 0.4) is 0 Å². The molecule has 0 aliphatic heterocycles. The summed E-state index contributed by atoms with van der Waals surface area (Å²) >= 11 is 0. The van der Waals surface area contributed by atoms with Crippen LogP contribution in [0.2, 0.25) is 0 Å². The number of aromatic nitrogens is 1. The van der Waals surface area contributed by atoms with Crippen LogP contribution in [0.1, 0.15) is 24.1 Å². The van der Waals surface area contributed by atoms with Crippen molar-refractivity contribution in [2.75, 3.05) is 19.1 Å². The Morgan fingerprint density at radius 3 is 2.95 bits per heavy atom. The van der Waals surface area contributed by atoms with Crippen LogP contribution >= 0.6 is 0 Å². The second-order valence-electron chi connectivity index (χ2n) is 5.44. The normalized spacial score (nSPS) is 14.2. The van der Waals surface area contributed by atoms with Gasteiger partial charge in [0.05, 0.1) is 19.3 Å². The molecule has 1 N–H and O–H groups in total. The van der Waals surface area contributed by atoms with Gasteiger partial charge in [-0.3, -0.25) is 0 Å². The van der Waals surface area contributed by atoms with E-state index in [2.05, 4.69) is 10.3 Å². The number of benzene rings is 1. The van der Waals surface area contributed by atoms with Crippen LogP contribution in [-0.2, 0) is 13.1 Å². The molecule has 0 unspecified atom stereocenters. The quantitative estimate of drug-likeness (QED) is 0.848. The first kappa shape index (κ1) is 13.9. The average Bonchev–Trinajstić information content (AvgIpc) is 3.22.